The normalized spacial score (nSPS) is 9.61. The van der Waals surface area contributed by atoms with Gasteiger partial charge in [0.1, 0.15) is 5.75 Å². The van der Waals surface area contributed by atoms with Gasteiger partial charge in [-0.15, -0.1) is 0 Å². The number of alkyl halides is 1. The molecule has 96 valence electrons. The van der Waals surface area contributed by atoms with Gasteiger partial charge in [-0.25, -0.2) is 0 Å². The van der Waals surface area contributed by atoms with E-state index in [1.807, 2.05) is 6.07 Å². The summed E-state index contributed by atoms with van der Waals surface area (Å²) in [5.74, 6) is 0.460. The SMILES string of the molecule is COc1cc(C#N)ccc1NC(=O)CCCCBr. The van der Waals surface area contributed by atoms with Gasteiger partial charge in [0.15, 0.2) is 0 Å². The summed E-state index contributed by atoms with van der Waals surface area (Å²) in [6.45, 7) is 0. The van der Waals surface area contributed by atoms with Crippen LogP contribution in [0.25, 0.3) is 0 Å². The van der Waals surface area contributed by atoms with Gasteiger partial charge < -0.3 is 10.1 Å². The fourth-order valence-electron chi connectivity index (χ4n) is 1.46. The second-order valence-electron chi connectivity index (χ2n) is 3.72. The number of methoxy groups -OCH3 is 1. The van der Waals surface area contributed by atoms with Crippen molar-refractivity contribution in [3.05, 3.63) is 23.8 Å². The molecular weight excluding hydrogens is 296 g/mol. The molecule has 0 atom stereocenters. The van der Waals surface area contributed by atoms with E-state index in [2.05, 4.69) is 21.2 Å². The summed E-state index contributed by atoms with van der Waals surface area (Å²) in [6, 6.07) is 6.96. The van der Waals surface area contributed by atoms with Gasteiger partial charge in [0.05, 0.1) is 24.4 Å². The molecule has 0 aliphatic carbocycles. The first-order chi connectivity index (χ1) is 8.71. The number of unbranched alkanes of at least 4 members (excludes halogenated alkanes) is 1. The predicted molar refractivity (Wildman–Crippen MR) is 74.0 cm³/mol. The molecule has 0 unspecified atom stereocenters. The summed E-state index contributed by atoms with van der Waals surface area (Å²) >= 11 is 3.32. The third-order valence-electron chi connectivity index (χ3n) is 2.39. The molecule has 0 saturated carbocycles. The number of benzene rings is 1. The number of nitrogens with one attached hydrogen (secondary N) is 1. The lowest BCUT2D eigenvalue weighted by Gasteiger charge is -2.10. The number of hydrogen-bond donors (Lipinski definition) is 1. The molecule has 1 N–H and O–H groups in total. The van der Waals surface area contributed by atoms with E-state index in [-0.39, 0.29) is 5.91 Å². The smallest absolute Gasteiger partial charge is 0.224 e. The van der Waals surface area contributed by atoms with Crippen LogP contribution >= 0.6 is 15.9 Å². The van der Waals surface area contributed by atoms with Gasteiger partial charge in [-0.2, -0.15) is 5.26 Å². The Hall–Kier alpha value is -1.54. The van der Waals surface area contributed by atoms with Crippen molar-refractivity contribution in [3.8, 4) is 11.8 Å². The average Bonchev–Trinajstić information content (AvgIpc) is 2.39. The first kappa shape index (κ1) is 14.5. The third-order valence-corrected chi connectivity index (χ3v) is 2.95. The highest BCUT2D eigenvalue weighted by Crippen LogP contribution is 2.25. The number of amides is 1. The maximum atomic E-state index is 11.7. The number of carbonyl (C=O) groups is 1. The summed E-state index contributed by atoms with van der Waals surface area (Å²) < 4.78 is 5.14. The maximum absolute atomic E-state index is 11.7. The van der Waals surface area contributed by atoms with Crippen molar-refractivity contribution >= 4 is 27.5 Å². The molecule has 0 fully saturated rings. The van der Waals surface area contributed by atoms with Crippen molar-refractivity contribution in [2.45, 2.75) is 19.3 Å². The van der Waals surface area contributed by atoms with Crippen LogP contribution < -0.4 is 10.1 Å². The Kier molecular flexibility index (Phi) is 6.23. The molecule has 1 amide bonds. The molecule has 5 heteroatoms. The van der Waals surface area contributed by atoms with E-state index < -0.39 is 0 Å². The minimum absolute atomic E-state index is 0.0426. The Morgan fingerprint density at radius 1 is 1.50 bits per heavy atom. The van der Waals surface area contributed by atoms with Crippen LogP contribution in [0.3, 0.4) is 0 Å². The van der Waals surface area contributed by atoms with Gasteiger partial charge >= 0.3 is 0 Å². The summed E-state index contributed by atoms with van der Waals surface area (Å²) in [7, 11) is 1.51. The van der Waals surface area contributed by atoms with Crippen molar-refractivity contribution in [2.24, 2.45) is 0 Å². The third kappa shape index (κ3) is 4.38. The molecule has 0 heterocycles. The highest BCUT2D eigenvalue weighted by molar-refractivity contribution is 9.09. The topological polar surface area (TPSA) is 62.1 Å². The number of rotatable bonds is 6. The minimum Gasteiger partial charge on any atom is -0.495 e. The van der Waals surface area contributed by atoms with E-state index in [0.717, 1.165) is 18.2 Å². The fourth-order valence-corrected chi connectivity index (χ4v) is 1.85. The summed E-state index contributed by atoms with van der Waals surface area (Å²) in [4.78, 5) is 11.7. The van der Waals surface area contributed by atoms with Crippen LogP contribution in [0.4, 0.5) is 5.69 Å². The van der Waals surface area contributed by atoms with Crippen LogP contribution in [0.2, 0.25) is 0 Å². The molecule has 0 bridgehead atoms. The largest absolute Gasteiger partial charge is 0.495 e. The van der Waals surface area contributed by atoms with Crippen molar-refractivity contribution < 1.29 is 9.53 Å². The van der Waals surface area contributed by atoms with E-state index in [1.165, 1.54) is 7.11 Å². The van der Waals surface area contributed by atoms with Gasteiger partial charge in [-0.1, -0.05) is 15.9 Å². The zero-order valence-corrected chi connectivity index (χ0v) is 11.8. The lowest BCUT2D eigenvalue weighted by molar-refractivity contribution is -0.116. The highest BCUT2D eigenvalue weighted by Gasteiger charge is 2.08. The summed E-state index contributed by atoms with van der Waals surface area (Å²) in [6.07, 6.45) is 2.29. The van der Waals surface area contributed by atoms with Crippen LogP contribution in [0.1, 0.15) is 24.8 Å². The molecule has 0 spiro atoms. The second-order valence-corrected chi connectivity index (χ2v) is 4.51. The van der Waals surface area contributed by atoms with Crippen molar-refractivity contribution in [2.75, 3.05) is 17.8 Å². The highest BCUT2D eigenvalue weighted by atomic mass is 79.9. The van der Waals surface area contributed by atoms with Gasteiger partial charge in [0.2, 0.25) is 5.91 Å². The molecule has 18 heavy (non-hydrogen) atoms. The molecule has 0 saturated heterocycles. The zero-order valence-electron chi connectivity index (χ0n) is 10.2. The Morgan fingerprint density at radius 3 is 2.89 bits per heavy atom. The van der Waals surface area contributed by atoms with E-state index >= 15 is 0 Å². The zero-order chi connectivity index (χ0) is 13.4. The molecule has 1 aromatic rings. The molecule has 0 aliphatic rings. The lowest BCUT2D eigenvalue weighted by Crippen LogP contribution is -2.12. The van der Waals surface area contributed by atoms with E-state index in [0.29, 0.717) is 23.4 Å². The van der Waals surface area contributed by atoms with Crippen LogP contribution in [0.15, 0.2) is 18.2 Å². The number of carbonyl (C=O) groups excluding carboxylic acids is 1. The van der Waals surface area contributed by atoms with Crippen molar-refractivity contribution in [1.82, 2.24) is 0 Å². The van der Waals surface area contributed by atoms with Crippen LogP contribution in [0.5, 0.6) is 5.75 Å². The molecule has 1 rings (SSSR count). The van der Waals surface area contributed by atoms with Crippen LogP contribution in [-0.4, -0.2) is 18.3 Å². The maximum Gasteiger partial charge on any atom is 0.224 e. The number of nitrogens with zero attached hydrogens (tertiary/aromatic N) is 1. The second kappa shape index (κ2) is 7.72. The van der Waals surface area contributed by atoms with Crippen molar-refractivity contribution in [3.63, 3.8) is 0 Å². The van der Waals surface area contributed by atoms with E-state index in [9.17, 15) is 4.79 Å². The standard InChI is InChI=1S/C13H15BrN2O2/c1-18-12-8-10(9-15)5-6-11(12)16-13(17)4-2-3-7-14/h5-6,8H,2-4,7H2,1H3,(H,16,17). The van der Waals surface area contributed by atoms with Crippen molar-refractivity contribution in [1.29, 1.82) is 5.26 Å². The lowest BCUT2D eigenvalue weighted by atomic mass is 10.2. The van der Waals surface area contributed by atoms with E-state index in [4.69, 9.17) is 10.00 Å². The van der Waals surface area contributed by atoms with E-state index in [1.54, 1.807) is 18.2 Å². The summed E-state index contributed by atoms with van der Waals surface area (Å²) in [5, 5.41) is 12.5. The van der Waals surface area contributed by atoms with Gasteiger partial charge in [-0.05, 0) is 25.0 Å². The molecule has 4 nitrogen and oxygen atoms in total. The predicted octanol–water partition coefficient (Wildman–Crippen LogP) is 3.07. The number of halogens is 1. The van der Waals surface area contributed by atoms with Crippen LogP contribution in [0, 0.1) is 11.3 Å². The first-order valence-electron chi connectivity index (χ1n) is 5.65. The monoisotopic (exact) mass is 310 g/mol. The Morgan fingerprint density at radius 2 is 2.28 bits per heavy atom. The molecule has 0 aromatic heterocycles. The average molecular weight is 311 g/mol. The quantitative estimate of drug-likeness (QED) is 0.649. The fraction of sp³-hybridized carbons (Fsp3) is 0.385. The number of ether oxygens (including phenoxy) is 1. The van der Waals surface area contributed by atoms with Gasteiger partial charge in [-0.3, -0.25) is 4.79 Å². The number of hydrogen-bond acceptors (Lipinski definition) is 3. The first-order valence-corrected chi connectivity index (χ1v) is 6.77. The molecule has 1 aromatic carbocycles. The molecule has 0 aliphatic heterocycles. The Bertz CT molecular complexity index is 455. The number of nitriles is 1. The Labute approximate surface area is 115 Å². The molecule has 0 radical (unpaired) electrons. The minimum atomic E-state index is -0.0426. The summed E-state index contributed by atoms with van der Waals surface area (Å²) in [5.41, 5.74) is 1.10. The number of anilines is 1. The molecular formula is C13H15BrN2O2. The van der Waals surface area contributed by atoms with Gasteiger partial charge in [0, 0.05) is 17.8 Å². The van der Waals surface area contributed by atoms with Gasteiger partial charge in [0.25, 0.3) is 0 Å². The van der Waals surface area contributed by atoms with Crippen LogP contribution in [-0.2, 0) is 4.79 Å². The Balaban J connectivity index is 2.66.